The second-order valence-electron chi connectivity index (χ2n) is 5.87. The Morgan fingerprint density at radius 1 is 1.37 bits per heavy atom. The van der Waals surface area contributed by atoms with Crippen LogP contribution in [0, 0.1) is 5.92 Å². The molecular weight excluding hydrogens is 242 g/mol. The molecular formula is C15H29NO3. The lowest BCUT2D eigenvalue weighted by Gasteiger charge is -2.34. The second-order valence-corrected chi connectivity index (χ2v) is 5.87. The Labute approximate surface area is 116 Å². The molecule has 1 rings (SSSR count). The molecule has 1 saturated carbocycles. The Morgan fingerprint density at radius 2 is 2.05 bits per heavy atom. The average Bonchev–Trinajstić information content (AvgIpc) is 2.43. The van der Waals surface area contributed by atoms with E-state index in [4.69, 9.17) is 4.74 Å². The molecule has 0 bridgehead atoms. The molecule has 0 spiro atoms. The summed E-state index contributed by atoms with van der Waals surface area (Å²) in [4.78, 5) is 11.4. The van der Waals surface area contributed by atoms with Crippen LogP contribution >= 0.6 is 0 Å². The monoisotopic (exact) mass is 271 g/mol. The highest BCUT2D eigenvalue weighted by molar-refractivity contribution is 5.78. The van der Waals surface area contributed by atoms with E-state index in [0.29, 0.717) is 12.5 Å². The van der Waals surface area contributed by atoms with Crippen molar-refractivity contribution in [3.8, 4) is 0 Å². The zero-order chi connectivity index (χ0) is 14.3. The van der Waals surface area contributed by atoms with E-state index in [0.717, 1.165) is 19.3 Å². The van der Waals surface area contributed by atoms with Gasteiger partial charge in [-0.3, -0.25) is 4.79 Å². The van der Waals surface area contributed by atoms with Gasteiger partial charge in [-0.2, -0.15) is 0 Å². The van der Waals surface area contributed by atoms with Crippen molar-refractivity contribution in [2.75, 3.05) is 13.2 Å². The zero-order valence-corrected chi connectivity index (χ0v) is 12.6. The predicted molar refractivity (Wildman–Crippen MR) is 76.3 cm³/mol. The Morgan fingerprint density at radius 3 is 2.63 bits per heavy atom. The first kappa shape index (κ1) is 16.4. The van der Waals surface area contributed by atoms with E-state index in [-0.39, 0.29) is 12.7 Å². The zero-order valence-electron chi connectivity index (χ0n) is 12.6. The number of hydrogen-bond acceptors (Lipinski definition) is 3. The number of aliphatic carboxylic acids is 1. The Balaban J connectivity index is 2.52. The molecule has 2 N–H and O–H groups in total. The molecule has 0 aliphatic heterocycles. The lowest BCUT2D eigenvalue weighted by atomic mass is 9.84. The van der Waals surface area contributed by atoms with Crippen LogP contribution in [0.15, 0.2) is 0 Å². The number of hydrogen-bond donors (Lipinski definition) is 2. The van der Waals surface area contributed by atoms with E-state index in [1.165, 1.54) is 19.3 Å². The van der Waals surface area contributed by atoms with Crippen LogP contribution in [0.25, 0.3) is 0 Å². The third kappa shape index (κ3) is 4.77. The fourth-order valence-corrected chi connectivity index (χ4v) is 2.72. The topological polar surface area (TPSA) is 58.6 Å². The summed E-state index contributed by atoms with van der Waals surface area (Å²) >= 11 is 0. The van der Waals surface area contributed by atoms with E-state index in [9.17, 15) is 9.90 Å². The summed E-state index contributed by atoms with van der Waals surface area (Å²) in [6.45, 7) is 6.90. The predicted octanol–water partition coefficient (Wildman–Crippen LogP) is 2.81. The first-order valence-electron chi connectivity index (χ1n) is 7.63. The molecule has 0 radical (unpaired) electrons. The minimum absolute atomic E-state index is 0.237. The van der Waals surface area contributed by atoms with Gasteiger partial charge in [0.1, 0.15) is 5.54 Å². The Hall–Kier alpha value is -0.610. The van der Waals surface area contributed by atoms with Crippen LogP contribution in [0.4, 0.5) is 0 Å². The van der Waals surface area contributed by atoms with E-state index in [1.54, 1.807) is 6.92 Å². The maximum absolute atomic E-state index is 11.4. The third-order valence-corrected chi connectivity index (χ3v) is 4.19. The van der Waals surface area contributed by atoms with Gasteiger partial charge in [0.25, 0.3) is 0 Å². The summed E-state index contributed by atoms with van der Waals surface area (Å²) in [7, 11) is 0. The maximum Gasteiger partial charge on any atom is 0.326 e. The lowest BCUT2D eigenvalue weighted by molar-refractivity contribution is -0.149. The molecule has 0 aromatic carbocycles. The molecule has 0 aromatic heterocycles. The number of ether oxygens (including phenoxy) is 1. The summed E-state index contributed by atoms with van der Waals surface area (Å²) in [5, 5.41) is 12.5. The van der Waals surface area contributed by atoms with Gasteiger partial charge in [-0.15, -0.1) is 0 Å². The number of carbonyl (C=O) groups is 1. The molecule has 0 amide bonds. The average molecular weight is 271 g/mol. The van der Waals surface area contributed by atoms with Crippen molar-refractivity contribution >= 4 is 5.97 Å². The van der Waals surface area contributed by atoms with Crippen molar-refractivity contribution in [1.29, 1.82) is 0 Å². The van der Waals surface area contributed by atoms with E-state index in [1.807, 2.05) is 6.92 Å². The minimum Gasteiger partial charge on any atom is -0.480 e. The number of carboxylic acid groups (broad SMARTS) is 1. The van der Waals surface area contributed by atoms with Crippen LogP contribution < -0.4 is 5.32 Å². The van der Waals surface area contributed by atoms with Gasteiger partial charge in [0.05, 0.1) is 12.7 Å². The standard InChI is InChI=1S/C15H29NO3/c1-4-10-16-15(3,14(17)18)11-19-13-9-7-6-8-12(13)5-2/h12-13,16H,4-11H2,1-3H3,(H,17,18). The van der Waals surface area contributed by atoms with Gasteiger partial charge in [-0.25, -0.2) is 0 Å². The lowest BCUT2D eigenvalue weighted by Crippen LogP contribution is -2.54. The molecule has 112 valence electrons. The van der Waals surface area contributed by atoms with Crippen LogP contribution in [0.1, 0.15) is 59.3 Å². The molecule has 3 unspecified atom stereocenters. The fraction of sp³-hybridized carbons (Fsp3) is 0.933. The van der Waals surface area contributed by atoms with Crippen LogP contribution in [-0.4, -0.2) is 35.9 Å². The van der Waals surface area contributed by atoms with E-state index < -0.39 is 11.5 Å². The second kappa shape index (κ2) is 7.85. The highest BCUT2D eigenvalue weighted by Crippen LogP contribution is 2.29. The number of rotatable bonds is 8. The smallest absolute Gasteiger partial charge is 0.326 e. The van der Waals surface area contributed by atoms with Crippen molar-refractivity contribution in [2.45, 2.75) is 70.9 Å². The van der Waals surface area contributed by atoms with Gasteiger partial charge in [0.2, 0.25) is 0 Å². The largest absolute Gasteiger partial charge is 0.480 e. The van der Waals surface area contributed by atoms with Gasteiger partial charge in [0.15, 0.2) is 0 Å². The molecule has 19 heavy (non-hydrogen) atoms. The summed E-state index contributed by atoms with van der Waals surface area (Å²) < 4.78 is 5.97. The highest BCUT2D eigenvalue weighted by atomic mass is 16.5. The Kier molecular flexibility index (Phi) is 6.80. The number of carboxylic acids is 1. The van der Waals surface area contributed by atoms with Gasteiger partial charge in [-0.1, -0.05) is 33.1 Å². The molecule has 0 heterocycles. The van der Waals surface area contributed by atoms with Crippen LogP contribution in [0.3, 0.4) is 0 Å². The first-order chi connectivity index (χ1) is 9.03. The summed E-state index contributed by atoms with van der Waals surface area (Å²) in [5.41, 5.74) is -0.967. The Bertz CT molecular complexity index is 283. The van der Waals surface area contributed by atoms with Gasteiger partial charge in [-0.05, 0) is 38.6 Å². The molecule has 1 aliphatic carbocycles. The molecule has 3 atom stereocenters. The molecule has 0 aromatic rings. The summed E-state index contributed by atoms with van der Waals surface area (Å²) in [6.07, 6.45) is 7.05. The maximum atomic E-state index is 11.4. The van der Waals surface area contributed by atoms with Crippen LogP contribution in [-0.2, 0) is 9.53 Å². The van der Waals surface area contributed by atoms with E-state index >= 15 is 0 Å². The van der Waals surface area contributed by atoms with Crippen molar-refractivity contribution in [1.82, 2.24) is 5.32 Å². The fourth-order valence-electron chi connectivity index (χ4n) is 2.72. The molecule has 1 fully saturated rings. The molecule has 4 heteroatoms. The van der Waals surface area contributed by atoms with Crippen molar-refractivity contribution in [2.24, 2.45) is 5.92 Å². The van der Waals surface area contributed by atoms with Crippen LogP contribution in [0.5, 0.6) is 0 Å². The van der Waals surface area contributed by atoms with Gasteiger partial charge in [0, 0.05) is 0 Å². The van der Waals surface area contributed by atoms with E-state index in [2.05, 4.69) is 12.2 Å². The quantitative estimate of drug-likeness (QED) is 0.712. The summed E-state index contributed by atoms with van der Waals surface area (Å²) in [6, 6.07) is 0. The molecule has 4 nitrogen and oxygen atoms in total. The van der Waals surface area contributed by atoms with Crippen molar-refractivity contribution < 1.29 is 14.6 Å². The van der Waals surface area contributed by atoms with Crippen LogP contribution in [0.2, 0.25) is 0 Å². The molecule has 1 aliphatic rings. The number of nitrogens with one attached hydrogen (secondary N) is 1. The van der Waals surface area contributed by atoms with Gasteiger partial charge >= 0.3 is 5.97 Å². The van der Waals surface area contributed by atoms with Gasteiger partial charge < -0.3 is 15.2 Å². The third-order valence-electron chi connectivity index (χ3n) is 4.19. The minimum atomic E-state index is -0.967. The molecule has 0 saturated heterocycles. The van der Waals surface area contributed by atoms with Crippen molar-refractivity contribution in [3.05, 3.63) is 0 Å². The highest BCUT2D eigenvalue weighted by Gasteiger charge is 2.35. The first-order valence-corrected chi connectivity index (χ1v) is 7.63. The summed E-state index contributed by atoms with van der Waals surface area (Å²) in [5.74, 6) is -0.234. The normalized spacial score (nSPS) is 26.9. The SMILES string of the molecule is CCCNC(C)(COC1CCCCC1CC)C(=O)O. The van der Waals surface area contributed by atoms with Crippen molar-refractivity contribution in [3.63, 3.8) is 0 Å².